The molecule has 0 saturated carbocycles. The molecule has 0 aliphatic heterocycles. The molecule has 0 aliphatic carbocycles. The second-order valence-corrected chi connectivity index (χ2v) is 6.31. The average molecular weight is 411 g/mol. The molecular weight excluding hydrogens is 396 g/mol. The predicted octanol–water partition coefficient (Wildman–Crippen LogP) is 3.27. The van der Waals surface area contributed by atoms with Gasteiger partial charge >= 0.3 is 0 Å². The van der Waals surface area contributed by atoms with Crippen molar-refractivity contribution in [3.63, 3.8) is 0 Å². The van der Waals surface area contributed by atoms with Crippen LogP contribution in [0.1, 0.15) is 10.4 Å². The second kappa shape index (κ2) is 8.35. The number of aromatic nitrogens is 2. The molecule has 0 fully saturated rings. The number of amides is 2. The molecular formula is C19H15BrN4O2. The van der Waals surface area contributed by atoms with Crippen molar-refractivity contribution in [3.05, 3.63) is 77.0 Å². The largest absolute Gasteiger partial charge is 0.343 e. The van der Waals surface area contributed by atoms with Gasteiger partial charge in [-0.1, -0.05) is 46.3 Å². The first-order valence-corrected chi connectivity index (χ1v) is 8.62. The summed E-state index contributed by atoms with van der Waals surface area (Å²) in [5.41, 5.74) is 1.84. The van der Waals surface area contributed by atoms with Crippen LogP contribution < -0.4 is 10.6 Å². The third kappa shape index (κ3) is 4.73. The van der Waals surface area contributed by atoms with Gasteiger partial charge in [0, 0.05) is 15.6 Å². The van der Waals surface area contributed by atoms with Crippen molar-refractivity contribution < 1.29 is 9.59 Å². The lowest BCUT2D eigenvalue weighted by Gasteiger charge is -2.07. The van der Waals surface area contributed by atoms with Gasteiger partial charge in [-0.3, -0.25) is 9.59 Å². The number of hydrogen-bond acceptors (Lipinski definition) is 4. The second-order valence-electron chi connectivity index (χ2n) is 5.40. The highest BCUT2D eigenvalue weighted by atomic mass is 79.9. The number of nitrogens with zero attached hydrogens (tertiary/aromatic N) is 2. The maximum Gasteiger partial charge on any atom is 0.251 e. The van der Waals surface area contributed by atoms with Crippen LogP contribution >= 0.6 is 15.9 Å². The Morgan fingerprint density at radius 3 is 2.23 bits per heavy atom. The number of benzene rings is 2. The number of halogens is 1. The smallest absolute Gasteiger partial charge is 0.251 e. The fourth-order valence-electron chi connectivity index (χ4n) is 2.20. The standard InChI is InChI=1S/C19H15BrN4O2/c20-15-8-6-14(7-9-15)19(26)23-12-17(25)24-16-10-21-18(22-11-16)13-4-2-1-3-5-13/h1-11H,12H2,(H,23,26)(H,24,25). The van der Waals surface area contributed by atoms with Crippen molar-refractivity contribution in [2.45, 2.75) is 0 Å². The molecule has 0 atom stereocenters. The van der Waals surface area contributed by atoms with E-state index in [4.69, 9.17) is 0 Å². The van der Waals surface area contributed by atoms with Crippen molar-refractivity contribution in [3.8, 4) is 11.4 Å². The Bertz CT molecular complexity index is 897. The number of hydrogen-bond donors (Lipinski definition) is 2. The van der Waals surface area contributed by atoms with Gasteiger partial charge in [-0.2, -0.15) is 0 Å². The Labute approximate surface area is 158 Å². The summed E-state index contributed by atoms with van der Waals surface area (Å²) < 4.78 is 0.880. The van der Waals surface area contributed by atoms with Crippen LogP contribution in [-0.2, 0) is 4.79 Å². The SMILES string of the molecule is O=C(CNC(=O)c1ccc(Br)cc1)Nc1cnc(-c2ccccc2)nc1. The van der Waals surface area contributed by atoms with E-state index in [0.717, 1.165) is 10.0 Å². The minimum absolute atomic E-state index is 0.144. The zero-order valence-corrected chi connectivity index (χ0v) is 15.2. The van der Waals surface area contributed by atoms with Gasteiger partial charge in [0.25, 0.3) is 5.91 Å². The molecule has 26 heavy (non-hydrogen) atoms. The summed E-state index contributed by atoms with van der Waals surface area (Å²) >= 11 is 3.31. The van der Waals surface area contributed by atoms with E-state index in [1.807, 2.05) is 30.3 Å². The summed E-state index contributed by atoms with van der Waals surface area (Å²) in [6, 6.07) is 16.4. The van der Waals surface area contributed by atoms with Gasteiger partial charge in [0.15, 0.2) is 5.82 Å². The summed E-state index contributed by atoms with van der Waals surface area (Å²) in [4.78, 5) is 32.4. The molecule has 0 saturated heterocycles. The molecule has 2 amide bonds. The Morgan fingerprint density at radius 2 is 1.58 bits per heavy atom. The summed E-state index contributed by atoms with van der Waals surface area (Å²) in [6.45, 7) is -0.144. The molecule has 2 N–H and O–H groups in total. The predicted molar refractivity (Wildman–Crippen MR) is 103 cm³/mol. The first-order chi connectivity index (χ1) is 12.6. The maximum absolute atomic E-state index is 12.0. The van der Waals surface area contributed by atoms with E-state index in [0.29, 0.717) is 17.1 Å². The minimum atomic E-state index is -0.355. The van der Waals surface area contributed by atoms with Gasteiger partial charge in [-0.15, -0.1) is 0 Å². The van der Waals surface area contributed by atoms with E-state index >= 15 is 0 Å². The molecule has 3 rings (SSSR count). The van der Waals surface area contributed by atoms with E-state index in [9.17, 15) is 9.59 Å². The lowest BCUT2D eigenvalue weighted by molar-refractivity contribution is -0.115. The van der Waals surface area contributed by atoms with Gasteiger partial charge < -0.3 is 10.6 Å². The summed E-state index contributed by atoms with van der Waals surface area (Å²) in [7, 11) is 0. The average Bonchev–Trinajstić information content (AvgIpc) is 2.68. The van der Waals surface area contributed by atoms with Crippen LogP contribution in [0.15, 0.2) is 71.5 Å². The molecule has 0 bridgehead atoms. The number of nitrogens with one attached hydrogen (secondary N) is 2. The lowest BCUT2D eigenvalue weighted by Crippen LogP contribution is -2.32. The molecule has 7 heteroatoms. The zero-order chi connectivity index (χ0) is 18.4. The molecule has 2 aromatic carbocycles. The fraction of sp³-hybridized carbons (Fsp3) is 0.0526. The summed E-state index contributed by atoms with van der Waals surface area (Å²) in [5.74, 6) is -0.0954. The quantitative estimate of drug-likeness (QED) is 0.675. The van der Waals surface area contributed by atoms with Crippen molar-refractivity contribution in [2.75, 3.05) is 11.9 Å². The normalized spacial score (nSPS) is 10.2. The van der Waals surface area contributed by atoms with Gasteiger partial charge in [0.1, 0.15) is 0 Å². The molecule has 0 unspecified atom stereocenters. The third-order valence-electron chi connectivity index (χ3n) is 3.48. The molecule has 0 radical (unpaired) electrons. The molecule has 6 nitrogen and oxygen atoms in total. The Morgan fingerprint density at radius 1 is 0.923 bits per heavy atom. The molecule has 0 spiro atoms. The fourth-order valence-corrected chi connectivity index (χ4v) is 2.46. The van der Waals surface area contributed by atoms with Gasteiger partial charge in [-0.05, 0) is 24.3 Å². The molecule has 1 heterocycles. The van der Waals surface area contributed by atoms with Gasteiger partial charge in [-0.25, -0.2) is 9.97 Å². The monoisotopic (exact) mass is 410 g/mol. The van der Waals surface area contributed by atoms with E-state index in [-0.39, 0.29) is 18.4 Å². The maximum atomic E-state index is 12.0. The van der Waals surface area contributed by atoms with E-state index < -0.39 is 0 Å². The van der Waals surface area contributed by atoms with E-state index in [1.165, 1.54) is 12.4 Å². The van der Waals surface area contributed by atoms with E-state index in [1.54, 1.807) is 24.3 Å². The number of carbonyl (C=O) groups excluding carboxylic acids is 2. The topological polar surface area (TPSA) is 84.0 Å². The van der Waals surface area contributed by atoms with Gasteiger partial charge in [0.05, 0.1) is 24.6 Å². The van der Waals surface area contributed by atoms with Crippen LogP contribution in [0.25, 0.3) is 11.4 Å². The minimum Gasteiger partial charge on any atom is -0.343 e. The molecule has 130 valence electrons. The molecule has 3 aromatic rings. The highest BCUT2D eigenvalue weighted by Gasteiger charge is 2.09. The number of rotatable bonds is 5. The van der Waals surface area contributed by atoms with Crippen molar-refractivity contribution in [1.82, 2.24) is 15.3 Å². The van der Waals surface area contributed by atoms with Crippen molar-refractivity contribution in [2.24, 2.45) is 0 Å². The lowest BCUT2D eigenvalue weighted by atomic mass is 10.2. The molecule has 1 aromatic heterocycles. The summed E-state index contributed by atoms with van der Waals surface area (Å²) in [5, 5.41) is 5.22. The van der Waals surface area contributed by atoms with Crippen LogP contribution in [0.3, 0.4) is 0 Å². The highest BCUT2D eigenvalue weighted by molar-refractivity contribution is 9.10. The zero-order valence-electron chi connectivity index (χ0n) is 13.6. The third-order valence-corrected chi connectivity index (χ3v) is 4.01. The summed E-state index contributed by atoms with van der Waals surface area (Å²) in [6.07, 6.45) is 3.06. The van der Waals surface area contributed by atoms with Crippen molar-refractivity contribution >= 4 is 33.4 Å². The number of carbonyl (C=O) groups is 2. The van der Waals surface area contributed by atoms with Crippen LogP contribution in [0.4, 0.5) is 5.69 Å². The van der Waals surface area contributed by atoms with Crippen LogP contribution in [0, 0.1) is 0 Å². The Kier molecular flexibility index (Phi) is 5.70. The first kappa shape index (κ1) is 17.8. The Hall–Kier alpha value is -3.06. The van der Waals surface area contributed by atoms with Crippen LogP contribution in [-0.4, -0.2) is 28.3 Å². The van der Waals surface area contributed by atoms with E-state index in [2.05, 4.69) is 36.5 Å². The van der Waals surface area contributed by atoms with Crippen LogP contribution in [0.5, 0.6) is 0 Å². The molecule has 0 aliphatic rings. The van der Waals surface area contributed by atoms with Crippen LogP contribution in [0.2, 0.25) is 0 Å². The Balaban J connectivity index is 1.53. The van der Waals surface area contributed by atoms with Crippen molar-refractivity contribution in [1.29, 1.82) is 0 Å². The highest BCUT2D eigenvalue weighted by Crippen LogP contribution is 2.14. The first-order valence-electron chi connectivity index (χ1n) is 7.83. The van der Waals surface area contributed by atoms with Gasteiger partial charge in [0.2, 0.25) is 5.91 Å². The number of anilines is 1.